The Hall–Kier alpha value is -1.95. The molecule has 0 bridgehead atoms. The van der Waals surface area contributed by atoms with Crippen molar-refractivity contribution in [2.24, 2.45) is 0 Å². The molecule has 0 spiro atoms. The van der Waals surface area contributed by atoms with Crippen molar-refractivity contribution in [1.82, 2.24) is 9.97 Å². The highest BCUT2D eigenvalue weighted by molar-refractivity contribution is 7.13. The number of aromatic nitrogens is 2. The summed E-state index contributed by atoms with van der Waals surface area (Å²) >= 11 is 1.37. The standard InChI is InChI=1S/C13H15N3O2S/c1-3-9(2)18-11-8-10(4-5-14-11)12(17)16-13-15-6-7-19-13/h4-9H,3H2,1-2H3,(H,15,16,17)/t9-/m0/s1. The zero-order valence-electron chi connectivity index (χ0n) is 10.8. The SMILES string of the molecule is CC[C@H](C)Oc1cc(C(=O)Nc2nccs2)ccn1. The van der Waals surface area contributed by atoms with Gasteiger partial charge in [0.05, 0.1) is 6.10 Å². The number of thiazole rings is 1. The molecule has 6 heteroatoms. The maximum Gasteiger partial charge on any atom is 0.257 e. The molecular weight excluding hydrogens is 262 g/mol. The van der Waals surface area contributed by atoms with Gasteiger partial charge in [-0.15, -0.1) is 11.3 Å². The van der Waals surface area contributed by atoms with Gasteiger partial charge in [0, 0.05) is 29.4 Å². The van der Waals surface area contributed by atoms with E-state index in [1.54, 1.807) is 29.9 Å². The fourth-order valence-electron chi connectivity index (χ4n) is 1.36. The van der Waals surface area contributed by atoms with E-state index in [2.05, 4.69) is 15.3 Å². The Morgan fingerprint density at radius 2 is 2.32 bits per heavy atom. The van der Waals surface area contributed by atoms with E-state index >= 15 is 0 Å². The molecule has 0 saturated heterocycles. The number of pyridine rings is 1. The Balaban J connectivity index is 2.07. The fourth-order valence-corrected chi connectivity index (χ4v) is 1.88. The average molecular weight is 277 g/mol. The number of carbonyl (C=O) groups is 1. The van der Waals surface area contributed by atoms with Gasteiger partial charge in [0.1, 0.15) is 0 Å². The van der Waals surface area contributed by atoms with Gasteiger partial charge in [-0.2, -0.15) is 0 Å². The Labute approximate surface area is 115 Å². The number of amides is 1. The zero-order valence-corrected chi connectivity index (χ0v) is 11.6. The van der Waals surface area contributed by atoms with Crippen molar-refractivity contribution in [2.45, 2.75) is 26.4 Å². The van der Waals surface area contributed by atoms with Gasteiger partial charge in [0.15, 0.2) is 5.13 Å². The Kier molecular flexibility index (Phi) is 4.46. The summed E-state index contributed by atoms with van der Waals surface area (Å²) in [5.41, 5.74) is 0.503. The van der Waals surface area contributed by atoms with Crippen molar-refractivity contribution < 1.29 is 9.53 Å². The number of hydrogen-bond donors (Lipinski definition) is 1. The lowest BCUT2D eigenvalue weighted by molar-refractivity contribution is 0.102. The van der Waals surface area contributed by atoms with E-state index in [-0.39, 0.29) is 12.0 Å². The second-order valence-electron chi connectivity index (χ2n) is 4.01. The van der Waals surface area contributed by atoms with Crippen molar-refractivity contribution in [2.75, 3.05) is 5.32 Å². The monoisotopic (exact) mass is 277 g/mol. The summed E-state index contributed by atoms with van der Waals surface area (Å²) in [6.45, 7) is 3.99. The first-order chi connectivity index (χ1) is 9.19. The molecule has 0 aliphatic heterocycles. The molecule has 5 nitrogen and oxygen atoms in total. The van der Waals surface area contributed by atoms with Crippen LogP contribution < -0.4 is 10.1 Å². The topological polar surface area (TPSA) is 64.1 Å². The highest BCUT2D eigenvalue weighted by Crippen LogP contribution is 2.15. The number of rotatable bonds is 5. The van der Waals surface area contributed by atoms with Crippen molar-refractivity contribution in [3.05, 3.63) is 35.5 Å². The van der Waals surface area contributed by atoms with Crippen LogP contribution in [0.15, 0.2) is 29.9 Å². The molecule has 100 valence electrons. The number of anilines is 1. The molecule has 2 rings (SSSR count). The number of ether oxygens (including phenoxy) is 1. The van der Waals surface area contributed by atoms with Crippen molar-refractivity contribution in [3.8, 4) is 5.88 Å². The van der Waals surface area contributed by atoms with Crippen LogP contribution >= 0.6 is 11.3 Å². The first-order valence-corrected chi connectivity index (χ1v) is 6.90. The molecule has 0 saturated carbocycles. The predicted octanol–water partition coefficient (Wildman–Crippen LogP) is 2.97. The summed E-state index contributed by atoms with van der Waals surface area (Å²) in [5, 5.41) is 5.10. The van der Waals surface area contributed by atoms with Gasteiger partial charge in [0.2, 0.25) is 5.88 Å². The highest BCUT2D eigenvalue weighted by Gasteiger charge is 2.10. The van der Waals surface area contributed by atoms with Crippen LogP contribution in [0.3, 0.4) is 0 Å². The van der Waals surface area contributed by atoms with Crippen LogP contribution in [0.5, 0.6) is 5.88 Å². The van der Waals surface area contributed by atoms with Gasteiger partial charge in [-0.05, 0) is 19.4 Å². The molecule has 2 aromatic rings. The van der Waals surface area contributed by atoms with Crippen molar-refractivity contribution in [1.29, 1.82) is 0 Å². The quantitative estimate of drug-likeness (QED) is 0.912. The second kappa shape index (κ2) is 6.29. The van der Waals surface area contributed by atoms with E-state index in [0.717, 1.165) is 6.42 Å². The summed E-state index contributed by atoms with van der Waals surface area (Å²) in [7, 11) is 0. The average Bonchev–Trinajstić information content (AvgIpc) is 2.91. The van der Waals surface area contributed by atoms with Gasteiger partial charge < -0.3 is 4.74 Å². The number of nitrogens with zero attached hydrogens (tertiary/aromatic N) is 2. The smallest absolute Gasteiger partial charge is 0.257 e. The third-order valence-corrected chi connectivity index (χ3v) is 3.24. The summed E-state index contributed by atoms with van der Waals surface area (Å²) < 4.78 is 5.59. The van der Waals surface area contributed by atoms with E-state index in [4.69, 9.17) is 4.74 Å². The van der Waals surface area contributed by atoms with Crippen LogP contribution in [0.4, 0.5) is 5.13 Å². The number of carbonyl (C=O) groups excluding carboxylic acids is 1. The molecule has 1 atom stereocenters. The fraction of sp³-hybridized carbons (Fsp3) is 0.308. The van der Waals surface area contributed by atoms with Gasteiger partial charge in [0.25, 0.3) is 5.91 Å². The normalized spacial score (nSPS) is 11.9. The second-order valence-corrected chi connectivity index (χ2v) is 4.91. The number of hydrogen-bond acceptors (Lipinski definition) is 5. The minimum atomic E-state index is -0.216. The molecule has 19 heavy (non-hydrogen) atoms. The summed E-state index contributed by atoms with van der Waals surface area (Å²) in [4.78, 5) is 20.1. The van der Waals surface area contributed by atoms with Crippen LogP contribution in [0, 0.1) is 0 Å². The van der Waals surface area contributed by atoms with E-state index in [1.807, 2.05) is 13.8 Å². The maximum atomic E-state index is 12.0. The van der Waals surface area contributed by atoms with Crippen LogP contribution in [-0.2, 0) is 0 Å². The van der Waals surface area contributed by atoms with E-state index in [1.165, 1.54) is 11.3 Å². The molecule has 0 aliphatic rings. The molecule has 2 aromatic heterocycles. The molecule has 0 aromatic carbocycles. The van der Waals surface area contributed by atoms with Crippen molar-refractivity contribution >= 4 is 22.4 Å². The minimum absolute atomic E-state index is 0.0739. The molecule has 2 heterocycles. The predicted molar refractivity (Wildman–Crippen MR) is 74.7 cm³/mol. The molecule has 0 fully saturated rings. The van der Waals surface area contributed by atoms with Crippen molar-refractivity contribution in [3.63, 3.8) is 0 Å². The van der Waals surface area contributed by atoms with Gasteiger partial charge in [-0.25, -0.2) is 9.97 Å². The summed E-state index contributed by atoms with van der Waals surface area (Å²) in [6, 6.07) is 3.28. The lowest BCUT2D eigenvalue weighted by atomic mass is 10.2. The lowest BCUT2D eigenvalue weighted by Crippen LogP contribution is -2.14. The summed E-state index contributed by atoms with van der Waals surface area (Å²) in [6.07, 6.45) is 4.17. The molecular formula is C13H15N3O2S. The molecule has 0 unspecified atom stereocenters. The van der Waals surface area contributed by atoms with E-state index in [0.29, 0.717) is 16.6 Å². The van der Waals surface area contributed by atoms with Gasteiger partial charge in [-0.3, -0.25) is 10.1 Å². The van der Waals surface area contributed by atoms with Crippen LogP contribution in [0.2, 0.25) is 0 Å². The zero-order chi connectivity index (χ0) is 13.7. The molecule has 1 amide bonds. The first kappa shape index (κ1) is 13.5. The van der Waals surface area contributed by atoms with Crippen LogP contribution in [-0.4, -0.2) is 22.0 Å². The minimum Gasteiger partial charge on any atom is -0.475 e. The van der Waals surface area contributed by atoms with E-state index < -0.39 is 0 Å². The Morgan fingerprint density at radius 1 is 1.47 bits per heavy atom. The summed E-state index contributed by atoms with van der Waals surface area (Å²) in [5.74, 6) is 0.243. The Morgan fingerprint density at radius 3 is 3.00 bits per heavy atom. The maximum absolute atomic E-state index is 12.0. The molecule has 0 aliphatic carbocycles. The van der Waals surface area contributed by atoms with Gasteiger partial charge in [-0.1, -0.05) is 6.92 Å². The van der Waals surface area contributed by atoms with Crippen LogP contribution in [0.1, 0.15) is 30.6 Å². The van der Waals surface area contributed by atoms with Crippen LogP contribution in [0.25, 0.3) is 0 Å². The van der Waals surface area contributed by atoms with E-state index in [9.17, 15) is 4.79 Å². The third kappa shape index (κ3) is 3.75. The molecule has 0 radical (unpaired) electrons. The number of nitrogens with one attached hydrogen (secondary N) is 1. The lowest BCUT2D eigenvalue weighted by Gasteiger charge is -2.11. The van der Waals surface area contributed by atoms with Gasteiger partial charge >= 0.3 is 0 Å². The highest BCUT2D eigenvalue weighted by atomic mass is 32.1. The Bertz CT molecular complexity index is 543. The first-order valence-electron chi connectivity index (χ1n) is 6.02. The third-order valence-electron chi connectivity index (χ3n) is 2.55. The molecule has 1 N–H and O–H groups in total. The largest absolute Gasteiger partial charge is 0.475 e.